The van der Waals surface area contributed by atoms with Crippen molar-refractivity contribution in [2.45, 2.75) is 53.0 Å². The molecule has 4 nitrogen and oxygen atoms in total. The molecule has 0 atom stereocenters. The molecule has 0 bridgehead atoms. The van der Waals surface area contributed by atoms with E-state index in [9.17, 15) is 0 Å². The van der Waals surface area contributed by atoms with Crippen LogP contribution in [0.2, 0.25) is 0 Å². The molecule has 0 aliphatic carbocycles. The van der Waals surface area contributed by atoms with E-state index in [4.69, 9.17) is 10.1 Å². The zero-order valence-corrected chi connectivity index (χ0v) is 15.6. The van der Waals surface area contributed by atoms with Gasteiger partial charge in [0.25, 0.3) is 0 Å². The number of hydrogen-bond acceptors (Lipinski definition) is 3. The van der Waals surface area contributed by atoms with Crippen LogP contribution in [-0.2, 0) is 6.42 Å². The minimum Gasteiger partial charge on any atom is -0.353 e. The minimum absolute atomic E-state index is 0.566. The number of nitrogens with zero attached hydrogens (tertiary/aromatic N) is 4. The smallest absolute Gasteiger partial charge is 0.165 e. The Labute approximate surface area is 149 Å². The highest BCUT2D eigenvalue weighted by molar-refractivity contribution is 5.81. The largest absolute Gasteiger partial charge is 0.353 e. The first-order valence-electron chi connectivity index (χ1n) is 9.36. The van der Waals surface area contributed by atoms with E-state index < -0.39 is 0 Å². The first-order valence-corrected chi connectivity index (χ1v) is 9.36. The van der Waals surface area contributed by atoms with Crippen molar-refractivity contribution in [1.29, 1.82) is 0 Å². The van der Waals surface area contributed by atoms with Crippen molar-refractivity contribution in [3.8, 4) is 11.1 Å². The fourth-order valence-corrected chi connectivity index (χ4v) is 4.24. The molecule has 1 aliphatic heterocycles. The third-order valence-electron chi connectivity index (χ3n) is 5.54. The van der Waals surface area contributed by atoms with E-state index in [1.54, 1.807) is 0 Å². The van der Waals surface area contributed by atoms with E-state index in [2.05, 4.69) is 67.4 Å². The van der Waals surface area contributed by atoms with Crippen molar-refractivity contribution >= 4 is 11.5 Å². The molecule has 2 aromatic heterocycles. The minimum atomic E-state index is 0.566. The zero-order valence-electron chi connectivity index (χ0n) is 15.6. The molecule has 1 aromatic carbocycles. The number of rotatable bonds is 4. The molecule has 4 rings (SSSR count). The lowest BCUT2D eigenvalue weighted by Gasteiger charge is -2.28. The fraction of sp³-hybridized carbons (Fsp3) is 0.429. The Morgan fingerprint density at radius 2 is 1.76 bits per heavy atom. The molecule has 1 aliphatic rings. The number of benzene rings is 1. The molecule has 0 unspecified atom stereocenters. The Kier molecular flexibility index (Phi) is 3.98. The summed E-state index contributed by atoms with van der Waals surface area (Å²) in [6.45, 7) is 9.87. The molecule has 25 heavy (non-hydrogen) atoms. The third kappa shape index (κ3) is 2.43. The lowest BCUT2D eigenvalue weighted by molar-refractivity contribution is 0.563. The van der Waals surface area contributed by atoms with Gasteiger partial charge in [-0.3, -0.25) is 0 Å². The normalized spacial score (nSPS) is 13.9. The van der Waals surface area contributed by atoms with E-state index in [1.807, 2.05) is 0 Å². The van der Waals surface area contributed by atoms with Crippen molar-refractivity contribution in [2.24, 2.45) is 0 Å². The Hall–Kier alpha value is -2.36. The topological polar surface area (TPSA) is 33.4 Å². The van der Waals surface area contributed by atoms with Crippen LogP contribution in [0.1, 0.15) is 43.6 Å². The van der Waals surface area contributed by atoms with Crippen LogP contribution in [0.15, 0.2) is 30.3 Å². The summed E-state index contributed by atoms with van der Waals surface area (Å²) >= 11 is 0. The van der Waals surface area contributed by atoms with Crippen LogP contribution in [0, 0.1) is 13.8 Å². The van der Waals surface area contributed by atoms with Gasteiger partial charge in [-0.1, -0.05) is 44.2 Å². The van der Waals surface area contributed by atoms with Gasteiger partial charge in [0.05, 0.1) is 5.69 Å². The summed E-state index contributed by atoms with van der Waals surface area (Å²) in [6.07, 6.45) is 3.38. The second-order valence-corrected chi connectivity index (χ2v) is 6.97. The Balaban J connectivity index is 1.98. The average Bonchev–Trinajstić information content (AvgIpc) is 3.19. The van der Waals surface area contributed by atoms with Crippen molar-refractivity contribution in [2.75, 3.05) is 11.4 Å². The third-order valence-corrected chi connectivity index (χ3v) is 5.54. The van der Waals surface area contributed by atoms with Gasteiger partial charge in [0.15, 0.2) is 5.65 Å². The number of aromatic nitrogens is 3. The van der Waals surface area contributed by atoms with E-state index in [0.29, 0.717) is 6.04 Å². The maximum Gasteiger partial charge on any atom is 0.165 e. The molecule has 0 fully saturated rings. The van der Waals surface area contributed by atoms with E-state index >= 15 is 0 Å². The standard InChI is InChI=1S/C21H26N4/c1-5-17(6-2)24-13-12-18-14(3)22-20-19(16-10-8-7-9-11-16)15(4)23-25(20)21(18)24/h7-11,17H,5-6,12-13H2,1-4H3. The maximum atomic E-state index is 4.96. The molecule has 0 radical (unpaired) electrons. The van der Waals surface area contributed by atoms with Crippen molar-refractivity contribution in [3.05, 3.63) is 47.3 Å². The molecule has 0 saturated heterocycles. The van der Waals surface area contributed by atoms with Crippen LogP contribution >= 0.6 is 0 Å². The Morgan fingerprint density at radius 1 is 1.04 bits per heavy atom. The zero-order chi connectivity index (χ0) is 17.6. The SMILES string of the molecule is CCC(CC)N1CCc2c(C)nc3c(-c4ccccc4)c(C)nn3c21. The highest BCUT2D eigenvalue weighted by atomic mass is 15.4. The van der Waals surface area contributed by atoms with Gasteiger partial charge in [-0.2, -0.15) is 9.61 Å². The van der Waals surface area contributed by atoms with Crippen molar-refractivity contribution < 1.29 is 0 Å². The predicted octanol–water partition coefficient (Wildman–Crippen LogP) is 4.56. The number of hydrogen-bond donors (Lipinski definition) is 0. The van der Waals surface area contributed by atoms with Gasteiger partial charge in [-0.15, -0.1) is 0 Å². The van der Waals surface area contributed by atoms with Gasteiger partial charge in [-0.05, 0) is 38.7 Å². The lowest BCUT2D eigenvalue weighted by atomic mass is 10.1. The van der Waals surface area contributed by atoms with Gasteiger partial charge < -0.3 is 4.90 Å². The summed E-state index contributed by atoms with van der Waals surface area (Å²) in [7, 11) is 0. The molecule has 3 heterocycles. The van der Waals surface area contributed by atoms with Gasteiger partial charge in [0.2, 0.25) is 0 Å². The summed E-state index contributed by atoms with van der Waals surface area (Å²) in [5, 5.41) is 4.92. The lowest BCUT2D eigenvalue weighted by Crippen LogP contribution is -2.34. The Morgan fingerprint density at radius 3 is 2.44 bits per heavy atom. The summed E-state index contributed by atoms with van der Waals surface area (Å²) in [6, 6.07) is 11.1. The molecule has 0 amide bonds. The van der Waals surface area contributed by atoms with Crippen molar-refractivity contribution in [1.82, 2.24) is 14.6 Å². The van der Waals surface area contributed by atoms with Crippen LogP contribution in [0.25, 0.3) is 16.8 Å². The molecular weight excluding hydrogens is 308 g/mol. The molecule has 0 saturated carbocycles. The summed E-state index contributed by atoms with van der Waals surface area (Å²) < 4.78 is 2.10. The van der Waals surface area contributed by atoms with Crippen LogP contribution in [0.5, 0.6) is 0 Å². The number of fused-ring (bicyclic) bond motifs is 3. The van der Waals surface area contributed by atoms with Crippen LogP contribution in [0.4, 0.5) is 5.82 Å². The monoisotopic (exact) mass is 334 g/mol. The van der Waals surface area contributed by atoms with Gasteiger partial charge >= 0.3 is 0 Å². The Bertz CT molecular complexity index is 907. The van der Waals surface area contributed by atoms with E-state index in [-0.39, 0.29) is 0 Å². The predicted molar refractivity (Wildman–Crippen MR) is 103 cm³/mol. The quantitative estimate of drug-likeness (QED) is 0.701. The molecular formula is C21H26N4. The first-order chi connectivity index (χ1) is 12.2. The van der Waals surface area contributed by atoms with Gasteiger partial charge in [-0.25, -0.2) is 4.98 Å². The fourth-order valence-electron chi connectivity index (χ4n) is 4.24. The molecule has 3 aromatic rings. The second kappa shape index (κ2) is 6.17. The molecule has 130 valence electrons. The highest BCUT2D eigenvalue weighted by Crippen LogP contribution is 2.37. The van der Waals surface area contributed by atoms with Gasteiger partial charge in [0, 0.05) is 29.4 Å². The average molecular weight is 334 g/mol. The summed E-state index contributed by atoms with van der Waals surface area (Å²) in [4.78, 5) is 7.52. The number of anilines is 1. The summed E-state index contributed by atoms with van der Waals surface area (Å²) in [5.74, 6) is 1.27. The molecule has 0 spiro atoms. The molecule has 0 N–H and O–H groups in total. The summed E-state index contributed by atoms with van der Waals surface area (Å²) in [5.41, 5.74) is 6.88. The van der Waals surface area contributed by atoms with Crippen LogP contribution in [0.3, 0.4) is 0 Å². The first kappa shape index (κ1) is 16.1. The van der Waals surface area contributed by atoms with Gasteiger partial charge in [0.1, 0.15) is 5.82 Å². The van der Waals surface area contributed by atoms with E-state index in [1.165, 1.54) is 16.9 Å². The number of aryl methyl sites for hydroxylation is 2. The highest BCUT2D eigenvalue weighted by Gasteiger charge is 2.30. The maximum absolute atomic E-state index is 4.96. The van der Waals surface area contributed by atoms with Crippen molar-refractivity contribution in [3.63, 3.8) is 0 Å². The molecule has 4 heteroatoms. The van der Waals surface area contributed by atoms with Crippen LogP contribution in [-0.4, -0.2) is 27.2 Å². The van der Waals surface area contributed by atoms with Crippen LogP contribution < -0.4 is 4.90 Å². The van der Waals surface area contributed by atoms with E-state index in [0.717, 1.165) is 48.4 Å². The second-order valence-electron chi connectivity index (χ2n) is 6.97.